The van der Waals surface area contributed by atoms with Gasteiger partial charge >= 0.3 is 0 Å². The molecule has 0 unspecified atom stereocenters. The molecule has 1 saturated heterocycles. The summed E-state index contributed by atoms with van der Waals surface area (Å²) in [5, 5.41) is 12.9. The van der Waals surface area contributed by atoms with Gasteiger partial charge < -0.3 is 15.3 Å². The third-order valence-electron chi connectivity index (χ3n) is 4.05. The molecule has 0 spiro atoms. The number of likely N-dealkylation sites (tertiary alicyclic amines) is 1. The van der Waals surface area contributed by atoms with Crippen molar-refractivity contribution in [1.82, 2.24) is 10.2 Å². The quantitative estimate of drug-likeness (QED) is 0.779. The number of piperidine rings is 1. The standard InChI is InChI=1S/C16H25BrN2O/c1-13-5-9-19(10-6-13)8-2-7-18-12-14-3-4-16(20)15(17)11-14/h3-4,11,13,18,20H,2,5-10,12H2,1H3. The predicted molar refractivity (Wildman–Crippen MR) is 87.0 cm³/mol. The number of hydrogen-bond acceptors (Lipinski definition) is 3. The summed E-state index contributed by atoms with van der Waals surface area (Å²) in [6, 6.07) is 5.66. The number of nitrogens with one attached hydrogen (secondary N) is 1. The van der Waals surface area contributed by atoms with Gasteiger partial charge in [0.2, 0.25) is 0 Å². The molecule has 0 amide bonds. The van der Waals surface area contributed by atoms with Crippen molar-refractivity contribution < 1.29 is 5.11 Å². The molecule has 0 radical (unpaired) electrons. The Kier molecular flexibility index (Phi) is 6.33. The molecule has 1 heterocycles. The average Bonchev–Trinajstić information content (AvgIpc) is 2.44. The minimum Gasteiger partial charge on any atom is -0.507 e. The van der Waals surface area contributed by atoms with Gasteiger partial charge in [-0.3, -0.25) is 0 Å². The van der Waals surface area contributed by atoms with Gasteiger partial charge in [0.25, 0.3) is 0 Å². The molecule has 0 aliphatic carbocycles. The number of benzene rings is 1. The van der Waals surface area contributed by atoms with Gasteiger partial charge in [0.05, 0.1) is 4.47 Å². The van der Waals surface area contributed by atoms with Gasteiger partial charge in [0, 0.05) is 6.54 Å². The lowest BCUT2D eigenvalue weighted by Gasteiger charge is -2.30. The minimum atomic E-state index is 0.299. The first-order valence-electron chi connectivity index (χ1n) is 7.55. The summed E-state index contributed by atoms with van der Waals surface area (Å²) in [4.78, 5) is 2.58. The molecule has 0 aromatic heterocycles. The number of halogens is 1. The fourth-order valence-corrected chi connectivity index (χ4v) is 3.03. The summed E-state index contributed by atoms with van der Waals surface area (Å²) < 4.78 is 0.763. The molecule has 0 saturated carbocycles. The molecule has 3 nitrogen and oxygen atoms in total. The van der Waals surface area contributed by atoms with Crippen LogP contribution in [0.5, 0.6) is 5.75 Å². The van der Waals surface area contributed by atoms with Crippen LogP contribution in [0.2, 0.25) is 0 Å². The third-order valence-corrected chi connectivity index (χ3v) is 4.68. The number of phenols is 1. The van der Waals surface area contributed by atoms with E-state index in [0.717, 1.165) is 23.5 Å². The zero-order valence-electron chi connectivity index (χ0n) is 12.2. The van der Waals surface area contributed by atoms with Crippen molar-refractivity contribution in [3.05, 3.63) is 28.2 Å². The van der Waals surface area contributed by atoms with E-state index in [1.54, 1.807) is 6.07 Å². The number of nitrogens with zero attached hydrogens (tertiary/aromatic N) is 1. The smallest absolute Gasteiger partial charge is 0.129 e. The molecular formula is C16H25BrN2O. The first-order chi connectivity index (χ1) is 9.65. The van der Waals surface area contributed by atoms with Crippen molar-refractivity contribution >= 4 is 15.9 Å². The van der Waals surface area contributed by atoms with E-state index >= 15 is 0 Å². The molecule has 20 heavy (non-hydrogen) atoms. The van der Waals surface area contributed by atoms with Crippen LogP contribution in [0.25, 0.3) is 0 Å². The van der Waals surface area contributed by atoms with Gasteiger partial charge in [-0.15, -0.1) is 0 Å². The Bertz CT molecular complexity index is 417. The van der Waals surface area contributed by atoms with E-state index in [2.05, 4.69) is 33.1 Å². The van der Waals surface area contributed by atoms with E-state index in [9.17, 15) is 5.11 Å². The first-order valence-corrected chi connectivity index (χ1v) is 8.35. The van der Waals surface area contributed by atoms with Crippen molar-refractivity contribution in [2.45, 2.75) is 32.7 Å². The van der Waals surface area contributed by atoms with Crippen molar-refractivity contribution in [3.63, 3.8) is 0 Å². The molecule has 112 valence electrons. The molecule has 1 aromatic rings. The van der Waals surface area contributed by atoms with Crippen LogP contribution in [0, 0.1) is 5.92 Å². The highest BCUT2D eigenvalue weighted by Gasteiger charge is 2.14. The van der Waals surface area contributed by atoms with Gasteiger partial charge in [-0.1, -0.05) is 13.0 Å². The van der Waals surface area contributed by atoms with Gasteiger partial charge in [0.15, 0.2) is 0 Å². The van der Waals surface area contributed by atoms with Crippen molar-refractivity contribution in [1.29, 1.82) is 0 Å². The van der Waals surface area contributed by atoms with Crippen LogP contribution in [0.4, 0.5) is 0 Å². The van der Waals surface area contributed by atoms with Crippen LogP contribution in [0.15, 0.2) is 22.7 Å². The van der Waals surface area contributed by atoms with Crippen LogP contribution in [-0.2, 0) is 6.54 Å². The molecule has 1 aliphatic heterocycles. The Balaban J connectivity index is 1.58. The van der Waals surface area contributed by atoms with Crippen LogP contribution >= 0.6 is 15.9 Å². The molecule has 2 N–H and O–H groups in total. The van der Waals surface area contributed by atoms with Crippen LogP contribution in [-0.4, -0.2) is 36.2 Å². The highest BCUT2D eigenvalue weighted by molar-refractivity contribution is 9.10. The van der Waals surface area contributed by atoms with Crippen molar-refractivity contribution in [2.75, 3.05) is 26.2 Å². The topological polar surface area (TPSA) is 35.5 Å². The largest absolute Gasteiger partial charge is 0.507 e. The second kappa shape index (κ2) is 8.01. The maximum Gasteiger partial charge on any atom is 0.129 e. The monoisotopic (exact) mass is 340 g/mol. The zero-order chi connectivity index (χ0) is 14.4. The molecule has 1 aliphatic rings. The summed E-state index contributed by atoms with van der Waals surface area (Å²) in [6.07, 6.45) is 3.91. The second-order valence-electron chi connectivity index (χ2n) is 5.84. The number of phenolic OH excluding ortho intramolecular Hbond substituents is 1. The maximum atomic E-state index is 9.44. The summed E-state index contributed by atoms with van der Waals surface area (Å²) in [6.45, 7) is 8.01. The fourth-order valence-electron chi connectivity index (χ4n) is 2.61. The highest BCUT2D eigenvalue weighted by Crippen LogP contribution is 2.24. The van der Waals surface area contributed by atoms with Crippen LogP contribution in [0.1, 0.15) is 31.7 Å². The molecule has 4 heteroatoms. The Morgan fingerprint density at radius 2 is 2.10 bits per heavy atom. The van der Waals surface area contributed by atoms with Crippen molar-refractivity contribution in [3.8, 4) is 5.75 Å². The number of rotatable bonds is 6. The van der Waals surface area contributed by atoms with Gasteiger partial charge in [-0.05, 0) is 85.0 Å². The zero-order valence-corrected chi connectivity index (χ0v) is 13.8. The van der Waals surface area contributed by atoms with Crippen LogP contribution < -0.4 is 5.32 Å². The Morgan fingerprint density at radius 3 is 2.80 bits per heavy atom. The second-order valence-corrected chi connectivity index (χ2v) is 6.69. The Labute approximate surface area is 130 Å². The molecule has 1 aromatic carbocycles. The van der Waals surface area contributed by atoms with E-state index < -0.39 is 0 Å². The lowest BCUT2D eigenvalue weighted by molar-refractivity contribution is 0.190. The Morgan fingerprint density at radius 1 is 1.35 bits per heavy atom. The van der Waals surface area contributed by atoms with Gasteiger partial charge in [0.1, 0.15) is 5.75 Å². The van der Waals surface area contributed by atoms with Crippen molar-refractivity contribution in [2.24, 2.45) is 5.92 Å². The third kappa shape index (κ3) is 5.08. The highest BCUT2D eigenvalue weighted by atomic mass is 79.9. The van der Waals surface area contributed by atoms with Crippen LogP contribution in [0.3, 0.4) is 0 Å². The fraction of sp³-hybridized carbons (Fsp3) is 0.625. The lowest BCUT2D eigenvalue weighted by Crippen LogP contribution is -2.34. The minimum absolute atomic E-state index is 0.299. The predicted octanol–water partition coefficient (Wildman–Crippen LogP) is 3.37. The average molecular weight is 341 g/mol. The van der Waals surface area contributed by atoms with E-state index in [1.807, 2.05) is 12.1 Å². The SMILES string of the molecule is CC1CCN(CCCNCc2ccc(O)c(Br)c2)CC1. The van der Waals surface area contributed by atoms with E-state index in [4.69, 9.17) is 0 Å². The summed E-state index contributed by atoms with van der Waals surface area (Å²) >= 11 is 3.34. The summed E-state index contributed by atoms with van der Waals surface area (Å²) in [5.74, 6) is 1.21. The Hall–Kier alpha value is -0.580. The molecule has 2 rings (SSSR count). The summed E-state index contributed by atoms with van der Waals surface area (Å²) in [7, 11) is 0. The van der Waals surface area contributed by atoms with E-state index in [-0.39, 0.29) is 0 Å². The van der Waals surface area contributed by atoms with E-state index in [0.29, 0.717) is 5.75 Å². The van der Waals surface area contributed by atoms with Gasteiger partial charge in [-0.25, -0.2) is 0 Å². The molecular weight excluding hydrogens is 316 g/mol. The van der Waals surface area contributed by atoms with Gasteiger partial charge in [-0.2, -0.15) is 0 Å². The molecule has 0 atom stereocenters. The summed E-state index contributed by atoms with van der Waals surface area (Å²) in [5.41, 5.74) is 1.20. The maximum absolute atomic E-state index is 9.44. The number of aromatic hydroxyl groups is 1. The van der Waals surface area contributed by atoms with E-state index in [1.165, 1.54) is 44.5 Å². The lowest BCUT2D eigenvalue weighted by atomic mass is 9.99. The first kappa shape index (κ1) is 15.8. The molecule has 0 bridgehead atoms. The molecule has 1 fully saturated rings. The normalized spacial score (nSPS) is 17.5. The number of hydrogen-bond donors (Lipinski definition) is 2.